The molecular formula is C46H31NO. The lowest BCUT2D eigenvalue weighted by Crippen LogP contribution is -2.12. The van der Waals surface area contributed by atoms with Gasteiger partial charge in [-0.15, -0.1) is 0 Å². The normalized spacial score (nSPS) is 11.5. The van der Waals surface area contributed by atoms with Crippen LogP contribution < -0.4 is 9.64 Å². The third-order valence-electron chi connectivity index (χ3n) is 9.25. The van der Waals surface area contributed by atoms with Gasteiger partial charge in [-0.2, -0.15) is 0 Å². The molecule has 0 bridgehead atoms. The van der Waals surface area contributed by atoms with Crippen LogP contribution in [0.15, 0.2) is 188 Å². The molecule has 0 radical (unpaired) electrons. The lowest BCUT2D eigenvalue weighted by atomic mass is 9.90. The first kappa shape index (κ1) is 27.9. The van der Waals surface area contributed by atoms with Crippen LogP contribution >= 0.6 is 0 Å². The highest BCUT2D eigenvalue weighted by Gasteiger charge is 2.24. The van der Waals surface area contributed by atoms with Crippen molar-refractivity contribution < 1.29 is 4.74 Å². The van der Waals surface area contributed by atoms with E-state index in [2.05, 4.69) is 187 Å². The molecular weight excluding hydrogens is 583 g/mol. The van der Waals surface area contributed by atoms with E-state index in [4.69, 9.17) is 4.74 Å². The minimum atomic E-state index is 0.890. The molecule has 0 aromatic heterocycles. The van der Waals surface area contributed by atoms with Crippen LogP contribution in [-0.2, 0) is 0 Å². The summed E-state index contributed by atoms with van der Waals surface area (Å²) in [6.07, 6.45) is 0. The van der Waals surface area contributed by atoms with Crippen molar-refractivity contribution in [3.63, 3.8) is 0 Å². The van der Waals surface area contributed by atoms with E-state index < -0.39 is 0 Å². The lowest BCUT2D eigenvalue weighted by molar-refractivity contribution is 0.487. The SMILES string of the molecule is c1ccc(-c2ccc(-c3ccccc3N(c3ccccc3)c3ccccc3-c3cc4c5c(cccc5c3)Oc3ccccc3-4)cc2)cc1. The maximum atomic E-state index is 6.35. The average Bonchev–Trinajstić information content (AvgIpc) is 3.16. The van der Waals surface area contributed by atoms with Crippen molar-refractivity contribution in [1.29, 1.82) is 0 Å². The Kier molecular flexibility index (Phi) is 6.84. The second-order valence-electron chi connectivity index (χ2n) is 12.1. The van der Waals surface area contributed by atoms with Gasteiger partial charge < -0.3 is 9.64 Å². The predicted octanol–water partition coefficient (Wildman–Crippen LogP) is 13.1. The fourth-order valence-electron chi connectivity index (χ4n) is 7.03. The van der Waals surface area contributed by atoms with E-state index >= 15 is 0 Å². The zero-order valence-electron chi connectivity index (χ0n) is 26.3. The highest BCUT2D eigenvalue weighted by atomic mass is 16.5. The monoisotopic (exact) mass is 613 g/mol. The van der Waals surface area contributed by atoms with Crippen molar-refractivity contribution in [2.45, 2.75) is 0 Å². The predicted molar refractivity (Wildman–Crippen MR) is 200 cm³/mol. The third-order valence-corrected chi connectivity index (χ3v) is 9.25. The minimum Gasteiger partial charge on any atom is -0.456 e. The molecule has 0 aliphatic carbocycles. The first-order valence-electron chi connectivity index (χ1n) is 16.4. The average molecular weight is 614 g/mol. The summed E-state index contributed by atoms with van der Waals surface area (Å²) in [5.41, 5.74) is 12.7. The molecule has 0 spiro atoms. The summed E-state index contributed by atoms with van der Waals surface area (Å²) in [5, 5.41) is 2.32. The number of benzene rings is 8. The molecule has 9 rings (SSSR count). The second kappa shape index (κ2) is 11.8. The molecule has 0 amide bonds. The van der Waals surface area contributed by atoms with Crippen LogP contribution in [0.5, 0.6) is 11.5 Å². The molecule has 1 aliphatic rings. The summed E-state index contributed by atoms with van der Waals surface area (Å²) >= 11 is 0. The quantitative estimate of drug-likeness (QED) is 0.185. The number of ether oxygens (including phenoxy) is 1. The Labute approximate surface area is 280 Å². The molecule has 0 unspecified atom stereocenters. The zero-order chi connectivity index (χ0) is 31.9. The van der Waals surface area contributed by atoms with Crippen LogP contribution in [0.2, 0.25) is 0 Å². The van der Waals surface area contributed by atoms with Crippen molar-refractivity contribution in [2.24, 2.45) is 0 Å². The van der Waals surface area contributed by atoms with Gasteiger partial charge in [-0.25, -0.2) is 0 Å². The van der Waals surface area contributed by atoms with Gasteiger partial charge in [-0.05, 0) is 81.7 Å². The molecule has 8 aromatic carbocycles. The van der Waals surface area contributed by atoms with Crippen LogP contribution in [0.4, 0.5) is 17.1 Å². The van der Waals surface area contributed by atoms with Crippen LogP contribution in [-0.4, -0.2) is 0 Å². The van der Waals surface area contributed by atoms with Gasteiger partial charge in [-0.1, -0.05) is 140 Å². The van der Waals surface area contributed by atoms with Crippen molar-refractivity contribution in [3.05, 3.63) is 188 Å². The summed E-state index contributed by atoms with van der Waals surface area (Å²) in [7, 11) is 0. The van der Waals surface area contributed by atoms with Crippen LogP contribution in [0.3, 0.4) is 0 Å². The van der Waals surface area contributed by atoms with Gasteiger partial charge >= 0.3 is 0 Å². The van der Waals surface area contributed by atoms with Gasteiger partial charge in [0, 0.05) is 27.8 Å². The molecule has 0 N–H and O–H groups in total. The molecule has 1 aliphatic heterocycles. The Balaban J connectivity index is 1.23. The number of fused-ring (bicyclic) bond motifs is 2. The maximum Gasteiger partial charge on any atom is 0.135 e. The molecule has 2 heteroatoms. The Hall–Kier alpha value is -6.38. The summed E-state index contributed by atoms with van der Waals surface area (Å²) in [6.45, 7) is 0. The minimum absolute atomic E-state index is 0.890. The van der Waals surface area contributed by atoms with Gasteiger partial charge in [0.2, 0.25) is 0 Å². The Morgan fingerprint density at radius 3 is 1.60 bits per heavy atom. The maximum absolute atomic E-state index is 6.35. The largest absolute Gasteiger partial charge is 0.456 e. The van der Waals surface area contributed by atoms with E-state index in [9.17, 15) is 0 Å². The molecule has 0 saturated heterocycles. The highest BCUT2D eigenvalue weighted by molar-refractivity contribution is 6.07. The number of nitrogens with zero attached hydrogens (tertiary/aromatic N) is 1. The number of para-hydroxylation sites is 4. The number of rotatable bonds is 6. The van der Waals surface area contributed by atoms with E-state index in [0.29, 0.717) is 0 Å². The topological polar surface area (TPSA) is 12.5 Å². The molecule has 226 valence electrons. The fourth-order valence-corrected chi connectivity index (χ4v) is 7.03. The van der Waals surface area contributed by atoms with Crippen molar-refractivity contribution in [3.8, 4) is 56.0 Å². The summed E-state index contributed by atoms with van der Waals surface area (Å²) < 4.78 is 6.35. The Bertz CT molecular complexity index is 2410. The highest BCUT2D eigenvalue weighted by Crippen LogP contribution is 2.50. The molecule has 0 atom stereocenters. The molecule has 1 heterocycles. The molecule has 0 saturated carbocycles. The zero-order valence-corrected chi connectivity index (χ0v) is 26.3. The Morgan fingerprint density at radius 1 is 0.333 bits per heavy atom. The van der Waals surface area contributed by atoms with E-state index in [0.717, 1.165) is 56.0 Å². The van der Waals surface area contributed by atoms with E-state index in [1.807, 2.05) is 6.07 Å². The van der Waals surface area contributed by atoms with Crippen LogP contribution in [0.25, 0.3) is 55.3 Å². The first-order chi connectivity index (χ1) is 23.8. The van der Waals surface area contributed by atoms with Crippen LogP contribution in [0.1, 0.15) is 0 Å². The van der Waals surface area contributed by atoms with Gasteiger partial charge in [0.05, 0.1) is 11.4 Å². The summed E-state index contributed by atoms with van der Waals surface area (Å²) in [6, 6.07) is 66.9. The van der Waals surface area contributed by atoms with E-state index in [1.54, 1.807) is 0 Å². The van der Waals surface area contributed by atoms with Crippen LogP contribution in [0, 0.1) is 0 Å². The smallest absolute Gasteiger partial charge is 0.135 e. The molecule has 0 fully saturated rings. The van der Waals surface area contributed by atoms with Gasteiger partial charge in [0.25, 0.3) is 0 Å². The second-order valence-corrected chi connectivity index (χ2v) is 12.1. The lowest BCUT2D eigenvalue weighted by Gasteiger charge is -2.30. The van der Waals surface area contributed by atoms with Crippen molar-refractivity contribution in [1.82, 2.24) is 0 Å². The first-order valence-corrected chi connectivity index (χ1v) is 16.4. The number of hydrogen-bond donors (Lipinski definition) is 0. The van der Waals surface area contributed by atoms with E-state index in [1.165, 1.54) is 27.8 Å². The van der Waals surface area contributed by atoms with Gasteiger partial charge in [0.15, 0.2) is 0 Å². The standard InChI is InChI=1S/C46H31NO/c1-3-14-32(15-4-1)33-26-28-34(29-27-33)38-19-7-10-22-42(38)47(37-17-5-2-6-18-37)43-23-11-8-20-39(43)36-30-35-16-13-25-45-46(35)41(31-36)40-21-9-12-24-44(40)48-45/h1-31H. The van der Waals surface area contributed by atoms with Crippen molar-refractivity contribution >= 4 is 27.8 Å². The van der Waals surface area contributed by atoms with Crippen molar-refractivity contribution in [2.75, 3.05) is 4.90 Å². The summed E-state index contributed by atoms with van der Waals surface area (Å²) in [4.78, 5) is 2.40. The number of anilines is 3. The molecule has 8 aromatic rings. The number of hydrogen-bond acceptors (Lipinski definition) is 2. The third kappa shape index (κ3) is 4.83. The summed E-state index contributed by atoms with van der Waals surface area (Å²) in [5.74, 6) is 1.79. The van der Waals surface area contributed by atoms with Gasteiger partial charge in [0.1, 0.15) is 11.5 Å². The van der Waals surface area contributed by atoms with E-state index in [-0.39, 0.29) is 0 Å². The molecule has 48 heavy (non-hydrogen) atoms. The van der Waals surface area contributed by atoms with Gasteiger partial charge in [-0.3, -0.25) is 0 Å². The molecule has 2 nitrogen and oxygen atoms in total. The fraction of sp³-hybridized carbons (Fsp3) is 0. The Morgan fingerprint density at radius 2 is 0.875 bits per heavy atom.